The topological polar surface area (TPSA) is 156 Å². The molecule has 0 spiro atoms. The van der Waals surface area contributed by atoms with Crippen molar-refractivity contribution in [1.29, 1.82) is 0 Å². The number of nitrogens with two attached hydrogens (primary N) is 1. The largest absolute Gasteiger partial charge is 0.326 e. The van der Waals surface area contributed by atoms with Crippen LogP contribution in [-0.4, -0.2) is 66.6 Å². The molecule has 0 aliphatic carbocycles. The quantitative estimate of drug-likeness (QED) is 0.493. The van der Waals surface area contributed by atoms with Crippen molar-refractivity contribution >= 4 is 33.5 Å². The van der Waals surface area contributed by atoms with Crippen molar-refractivity contribution in [2.75, 3.05) is 11.5 Å². The van der Waals surface area contributed by atoms with Gasteiger partial charge >= 0.3 is 0 Å². The van der Waals surface area contributed by atoms with Crippen LogP contribution in [0.1, 0.15) is 45.5 Å². The van der Waals surface area contributed by atoms with Gasteiger partial charge in [0, 0.05) is 25.0 Å². The molecule has 11 heteroatoms. The number of hydrogen-bond acceptors (Lipinski definition) is 8. The van der Waals surface area contributed by atoms with E-state index in [9.17, 15) is 27.6 Å². The smallest absolute Gasteiger partial charge is 0.262 e. The van der Waals surface area contributed by atoms with Gasteiger partial charge < -0.3 is 11.1 Å². The lowest BCUT2D eigenvalue weighted by atomic mass is 10.0. The number of nitrogens with zero attached hydrogens (tertiary/aromatic N) is 1. The van der Waals surface area contributed by atoms with Crippen LogP contribution in [0.5, 0.6) is 0 Å². The third-order valence-corrected chi connectivity index (χ3v) is 7.51. The monoisotopic (exact) mass is 434 g/mol. The van der Waals surface area contributed by atoms with E-state index < -0.39 is 45.5 Å². The lowest BCUT2D eigenvalue weighted by molar-refractivity contribution is -0.136. The number of carbonyl (C=O) groups excluding carboxylic acids is 4. The fraction of sp³-hybridized carbons (Fsp3) is 0.474. The van der Waals surface area contributed by atoms with Crippen LogP contribution in [0.15, 0.2) is 18.2 Å². The van der Waals surface area contributed by atoms with Crippen molar-refractivity contribution in [1.82, 2.24) is 15.5 Å². The van der Waals surface area contributed by atoms with Crippen molar-refractivity contribution < 1.29 is 27.6 Å². The average Bonchev–Trinajstić information content (AvgIpc) is 2.93. The van der Waals surface area contributed by atoms with E-state index in [1.54, 1.807) is 12.1 Å². The summed E-state index contributed by atoms with van der Waals surface area (Å²) in [5.41, 5.74) is 7.10. The van der Waals surface area contributed by atoms with Gasteiger partial charge in [0.2, 0.25) is 11.8 Å². The number of piperidine rings is 1. The Labute approximate surface area is 173 Å². The molecule has 0 radical (unpaired) electrons. The van der Waals surface area contributed by atoms with Crippen molar-refractivity contribution in [3.05, 3.63) is 34.9 Å². The molecule has 160 valence electrons. The Morgan fingerprint density at radius 1 is 1.10 bits per heavy atom. The van der Waals surface area contributed by atoms with Gasteiger partial charge in [0.15, 0.2) is 9.84 Å². The van der Waals surface area contributed by atoms with E-state index in [-0.39, 0.29) is 48.1 Å². The van der Waals surface area contributed by atoms with Gasteiger partial charge in [-0.05, 0) is 30.5 Å². The molecule has 4 rings (SSSR count). The van der Waals surface area contributed by atoms with Crippen LogP contribution in [0.3, 0.4) is 0 Å². The molecule has 4 amide bonds. The summed E-state index contributed by atoms with van der Waals surface area (Å²) in [5, 5.41) is 5.29. The van der Waals surface area contributed by atoms with Gasteiger partial charge in [0.1, 0.15) is 6.04 Å². The molecular formula is C19H22N4O6S. The zero-order valence-electron chi connectivity index (χ0n) is 16.1. The number of carbonyl (C=O) groups is 4. The highest BCUT2D eigenvalue weighted by molar-refractivity contribution is 7.91. The first-order chi connectivity index (χ1) is 14.2. The van der Waals surface area contributed by atoms with Crippen molar-refractivity contribution in [3.8, 4) is 0 Å². The van der Waals surface area contributed by atoms with E-state index >= 15 is 0 Å². The van der Waals surface area contributed by atoms with Gasteiger partial charge in [-0.1, -0.05) is 6.07 Å². The number of fused-ring (bicyclic) bond motifs is 1. The van der Waals surface area contributed by atoms with Crippen LogP contribution in [0.2, 0.25) is 0 Å². The first-order valence-corrected chi connectivity index (χ1v) is 11.5. The summed E-state index contributed by atoms with van der Waals surface area (Å²) in [6.07, 6.45) is 0.542. The molecule has 0 saturated carbocycles. The van der Waals surface area contributed by atoms with Crippen LogP contribution in [-0.2, 0) is 26.0 Å². The highest BCUT2D eigenvalue weighted by Gasteiger charge is 2.44. The normalized spacial score (nSPS) is 28.4. The Kier molecular flexibility index (Phi) is 5.20. The number of imide groups is 2. The van der Waals surface area contributed by atoms with Gasteiger partial charge in [0.25, 0.3) is 11.8 Å². The molecule has 3 aliphatic rings. The van der Waals surface area contributed by atoms with Gasteiger partial charge in [-0.25, -0.2) is 8.42 Å². The molecule has 0 bridgehead atoms. The molecule has 3 heterocycles. The molecule has 1 unspecified atom stereocenters. The maximum absolute atomic E-state index is 12.8. The van der Waals surface area contributed by atoms with Crippen LogP contribution in [0, 0.1) is 0 Å². The average molecular weight is 434 g/mol. The molecule has 30 heavy (non-hydrogen) atoms. The lowest BCUT2D eigenvalue weighted by Crippen LogP contribution is -2.54. The van der Waals surface area contributed by atoms with E-state index in [2.05, 4.69) is 10.6 Å². The van der Waals surface area contributed by atoms with Crippen molar-refractivity contribution in [2.45, 2.75) is 43.9 Å². The maximum Gasteiger partial charge on any atom is 0.262 e. The summed E-state index contributed by atoms with van der Waals surface area (Å²) in [6.45, 7) is 0.279. The molecule has 10 nitrogen and oxygen atoms in total. The third-order valence-electron chi connectivity index (χ3n) is 5.79. The minimum absolute atomic E-state index is 0.0419. The number of sulfone groups is 1. The Bertz CT molecular complexity index is 1050. The minimum atomic E-state index is -3.13. The summed E-state index contributed by atoms with van der Waals surface area (Å²) >= 11 is 0. The van der Waals surface area contributed by atoms with E-state index in [0.717, 1.165) is 4.90 Å². The second-order valence-corrected chi connectivity index (χ2v) is 10.1. The van der Waals surface area contributed by atoms with Gasteiger partial charge in [0.05, 0.1) is 22.6 Å². The number of amides is 4. The van der Waals surface area contributed by atoms with Crippen LogP contribution in [0.25, 0.3) is 0 Å². The number of nitrogens with one attached hydrogen (secondary N) is 2. The molecule has 1 aromatic carbocycles. The van der Waals surface area contributed by atoms with Crippen molar-refractivity contribution in [3.63, 3.8) is 0 Å². The Balaban J connectivity index is 1.49. The molecule has 0 aromatic heterocycles. The summed E-state index contributed by atoms with van der Waals surface area (Å²) in [5.74, 6) is -2.19. The highest BCUT2D eigenvalue weighted by atomic mass is 32.2. The Morgan fingerprint density at radius 3 is 2.57 bits per heavy atom. The predicted octanol–water partition coefficient (Wildman–Crippen LogP) is -1.31. The minimum Gasteiger partial charge on any atom is -0.326 e. The van der Waals surface area contributed by atoms with E-state index in [4.69, 9.17) is 5.73 Å². The molecule has 4 N–H and O–H groups in total. The van der Waals surface area contributed by atoms with Gasteiger partial charge in [-0.15, -0.1) is 0 Å². The van der Waals surface area contributed by atoms with E-state index in [1.165, 1.54) is 6.07 Å². The second-order valence-electron chi connectivity index (χ2n) is 7.88. The summed E-state index contributed by atoms with van der Waals surface area (Å²) in [7, 11) is -3.13. The SMILES string of the molecule is N[C@@H]1CCS(=O)(=O)C[C@H]1NCc1ccc2c(c1)C(=O)N(C1CCC(=O)NC1=O)C2=O. The van der Waals surface area contributed by atoms with Crippen LogP contribution >= 0.6 is 0 Å². The first kappa shape index (κ1) is 20.6. The maximum atomic E-state index is 12.8. The standard InChI is InChI=1S/C19H22N4O6S/c20-13-5-6-30(28,29)9-14(13)21-8-10-1-2-11-12(7-10)19(27)23(18(11)26)15-3-4-16(24)22-17(15)25/h1-2,7,13-15,21H,3-6,8-9,20H2,(H,22,24,25)/t13-,14-,15?/m1/s1. The first-order valence-electron chi connectivity index (χ1n) is 9.70. The summed E-state index contributed by atoms with van der Waals surface area (Å²) in [6, 6.07) is 3.08. The van der Waals surface area contributed by atoms with Crippen molar-refractivity contribution in [2.24, 2.45) is 5.73 Å². The van der Waals surface area contributed by atoms with Gasteiger partial charge in [-0.2, -0.15) is 0 Å². The van der Waals surface area contributed by atoms with Gasteiger partial charge in [-0.3, -0.25) is 29.4 Å². The molecule has 2 saturated heterocycles. The molecule has 3 atom stereocenters. The van der Waals surface area contributed by atoms with Crippen LogP contribution in [0.4, 0.5) is 0 Å². The summed E-state index contributed by atoms with van der Waals surface area (Å²) < 4.78 is 23.7. The molecule has 3 aliphatic heterocycles. The van der Waals surface area contributed by atoms with E-state index in [1.807, 2.05) is 0 Å². The Hall–Kier alpha value is -2.63. The second kappa shape index (κ2) is 7.56. The number of hydrogen-bond donors (Lipinski definition) is 3. The number of rotatable bonds is 4. The zero-order chi connectivity index (χ0) is 21.6. The Morgan fingerprint density at radius 2 is 1.83 bits per heavy atom. The molecule has 2 fully saturated rings. The molecular weight excluding hydrogens is 412 g/mol. The summed E-state index contributed by atoms with van der Waals surface area (Å²) in [4.78, 5) is 49.9. The predicted molar refractivity (Wildman–Crippen MR) is 105 cm³/mol. The molecule has 1 aromatic rings. The fourth-order valence-electron chi connectivity index (χ4n) is 4.08. The lowest BCUT2D eigenvalue weighted by Gasteiger charge is -2.29. The fourth-order valence-corrected chi connectivity index (χ4v) is 5.79. The number of benzene rings is 1. The highest BCUT2D eigenvalue weighted by Crippen LogP contribution is 2.28. The zero-order valence-corrected chi connectivity index (χ0v) is 16.9. The van der Waals surface area contributed by atoms with E-state index in [0.29, 0.717) is 12.0 Å². The van der Waals surface area contributed by atoms with Crippen LogP contribution < -0.4 is 16.4 Å². The third kappa shape index (κ3) is 3.75.